The van der Waals surface area contributed by atoms with Crippen molar-refractivity contribution in [1.82, 2.24) is 29.5 Å². The summed E-state index contributed by atoms with van der Waals surface area (Å²) in [6, 6.07) is 9.21. The molecular formula is C17H16N6OS. The molecule has 0 aliphatic carbocycles. The van der Waals surface area contributed by atoms with E-state index >= 15 is 0 Å². The fraction of sp³-hybridized carbons (Fsp3) is 0.235. The molecule has 3 aromatic heterocycles. The Labute approximate surface area is 147 Å². The van der Waals surface area contributed by atoms with Crippen molar-refractivity contribution in [1.29, 1.82) is 0 Å². The first-order chi connectivity index (χ1) is 12.0. The maximum absolute atomic E-state index is 12.0. The zero-order valence-corrected chi connectivity index (χ0v) is 14.9. The number of aromatic nitrogens is 6. The van der Waals surface area contributed by atoms with Crippen LogP contribution in [0.1, 0.15) is 22.4 Å². The molecule has 0 spiro atoms. The minimum Gasteiger partial charge on any atom is -0.268 e. The van der Waals surface area contributed by atoms with Gasteiger partial charge in [-0.05, 0) is 45.0 Å². The van der Waals surface area contributed by atoms with Gasteiger partial charge in [-0.2, -0.15) is 10.2 Å². The highest BCUT2D eigenvalue weighted by atomic mass is 32.1. The third-order valence-corrected chi connectivity index (χ3v) is 4.73. The van der Waals surface area contributed by atoms with Gasteiger partial charge in [-0.1, -0.05) is 0 Å². The fourth-order valence-corrected chi connectivity index (χ4v) is 3.59. The predicted molar refractivity (Wildman–Crippen MR) is 96.3 cm³/mol. The first-order valence-electron chi connectivity index (χ1n) is 7.84. The van der Waals surface area contributed by atoms with E-state index in [0.717, 1.165) is 26.6 Å². The second-order valence-electron chi connectivity index (χ2n) is 5.84. The highest BCUT2D eigenvalue weighted by Gasteiger charge is 2.13. The van der Waals surface area contributed by atoms with Crippen LogP contribution in [0.4, 0.5) is 0 Å². The SMILES string of the molecule is Cc1ccc(=O)n(Cc2nc(C)nn2-c2ccc3nc(C)sc3c2)n1. The third-order valence-electron chi connectivity index (χ3n) is 3.79. The van der Waals surface area contributed by atoms with E-state index in [2.05, 4.69) is 20.2 Å². The molecule has 25 heavy (non-hydrogen) atoms. The number of fused-ring (bicyclic) bond motifs is 1. The van der Waals surface area contributed by atoms with Gasteiger partial charge in [0.1, 0.15) is 12.4 Å². The lowest BCUT2D eigenvalue weighted by molar-refractivity contribution is 0.592. The monoisotopic (exact) mass is 352 g/mol. The van der Waals surface area contributed by atoms with Crippen LogP contribution >= 0.6 is 11.3 Å². The van der Waals surface area contributed by atoms with Crippen LogP contribution in [-0.2, 0) is 6.54 Å². The van der Waals surface area contributed by atoms with Gasteiger partial charge < -0.3 is 0 Å². The summed E-state index contributed by atoms with van der Waals surface area (Å²) >= 11 is 1.64. The molecule has 0 aliphatic heterocycles. The van der Waals surface area contributed by atoms with Crippen molar-refractivity contribution in [2.75, 3.05) is 0 Å². The Kier molecular flexibility index (Phi) is 3.69. The van der Waals surface area contributed by atoms with Gasteiger partial charge in [-0.3, -0.25) is 4.79 Å². The normalized spacial score (nSPS) is 11.3. The molecule has 0 fully saturated rings. The van der Waals surface area contributed by atoms with E-state index in [1.807, 2.05) is 39.0 Å². The number of nitrogens with zero attached hydrogens (tertiary/aromatic N) is 6. The van der Waals surface area contributed by atoms with Crippen LogP contribution in [0.15, 0.2) is 35.1 Å². The maximum atomic E-state index is 12.0. The molecule has 0 saturated heterocycles. The Morgan fingerprint density at radius 2 is 1.88 bits per heavy atom. The minimum atomic E-state index is -0.161. The van der Waals surface area contributed by atoms with Crippen molar-refractivity contribution in [3.05, 3.63) is 63.0 Å². The molecule has 0 unspecified atom stereocenters. The van der Waals surface area contributed by atoms with E-state index in [1.165, 1.54) is 10.7 Å². The first-order valence-corrected chi connectivity index (χ1v) is 8.66. The lowest BCUT2D eigenvalue weighted by atomic mass is 10.3. The van der Waals surface area contributed by atoms with Gasteiger partial charge in [-0.25, -0.2) is 19.3 Å². The van der Waals surface area contributed by atoms with E-state index in [0.29, 0.717) is 11.6 Å². The molecule has 0 bridgehead atoms. The molecule has 3 heterocycles. The molecule has 126 valence electrons. The molecule has 1 aromatic carbocycles. The largest absolute Gasteiger partial charge is 0.268 e. The summed E-state index contributed by atoms with van der Waals surface area (Å²) in [4.78, 5) is 21.0. The molecule has 0 atom stereocenters. The standard InChI is InChI=1S/C17H16N6OS/c1-10-4-7-17(24)22(20-10)9-16-18-11(2)21-23(16)13-5-6-14-15(8-13)25-12(3)19-14/h4-8H,9H2,1-3H3. The smallest absolute Gasteiger partial charge is 0.267 e. The summed E-state index contributed by atoms with van der Waals surface area (Å²) in [7, 11) is 0. The molecule has 0 radical (unpaired) electrons. The summed E-state index contributed by atoms with van der Waals surface area (Å²) < 4.78 is 4.27. The van der Waals surface area contributed by atoms with E-state index in [-0.39, 0.29) is 12.1 Å². The van der Waals surface area contributed by atoms with E-state index in [1.54, 1.807) is 22.1 Å². The van der Waals surface area contributed by atoms with Gasteiger partial charge in [0.15, 0.2) is 5.82 Å². The minimum absolute atomic E-state index is 0.161. The molecule has 0 amide bonds. The molecule has 4 rings (SSSR count). The highest BCUT2D eigenvalue weighted by molar-refractivity contribution is 7.18. The number of benzene rings is 1. The lowest BCUT2D eigenvalue weighted by Gasteiger charge is -2.07. The number of aryl methyl sites for hydroxylation is 3. The Morgan fingerprint density at radius 3 is 2.72 bits per heavy atom. The summed E-state index contributed by atoms with van der Waals surface area (Å²) in [6.45, 7) is 5.94. The molecule has 8 heteroatoms. The van der Waals surface area contributed by atoms with E-state index in [4.69, 9.17) is 0 Å². The zero-order valence-electron chi connectivity index (χ0n) is 14.1. The summed E-state index contributed by atoms with van der Waals surface area (Å²) in [5.74, 6) is 1.31. The van der Waals surface area contributed by atoms with Crippen molar-refractivity contribution < 1.29 is 0 Å². The van der Waals surface area contributed by atoms with E-state index in [9.17, 15) is 4.79 Å². The van der Waals surface area contributed by atoms with Crippen LogP contribution in [0.5, 0.6) is 0 Å². The van der Waals surface area contributed by atoms with Crippen molar-refractivity contribution in [3.8, 4) is 5.69 Å². The first kappa shape index (κ1) is 15.6. The average molecular weight is 352 g/mol. The van der Waals surface area contributed by atoms with Gasteiger partial charge >= 0.3 is 0 Å². The second-order valence-corrected chi connectivity index (χ2v) is 7.08. The maximum Gasteiger partial charge on any atom is 0.267 e. The molecule has 7 nitrogen and oxygen atoms in total. The molecule has 0 N–H and O–H groups in total. The Balaban J connectivity index is 1.79. The number of hydrogen-bond acceptors (Lipinski definition) is 6. The van der Waals surface area contributed by atoms with Crippen molar-refractivity contribution in [3.63, 3.8) is 0 Å². The fourth-order valence-electron chi connectivity index (χ4n) is 2.73. The number of rotatable bonds is 3. The highest BCUT2D eigenvalue weighted by Crippen LogP contribution is 2.24. The quantitative estimate of drug-likeness (QED) is 0.566. The van der Waals surface area contributed by atoms with Crippen LogP contribution in [-0.4, -0.2) is 29.5 Å². The molecule has 0 saturated carbocycles. The van der Waals surface area contributed by atoms with Crippen molar-refractivity contribution in [2.24, 2.45) is 0 Å². The predicted octanol–water partition coefficient (Wildman–Crippen LogP) is 2.41. The van der Waals surface area contributed by atoms with Gasteiger partial charge in [0, 0.05) is 6.07 Å². The summed E-state index contributed by atoms with van der Waals surface area (Å²) in [5.41, 5.74) is 2.49. The Hall–Kier alpha value is -2.87. The van der Waals surface area contributed by atoms with Crippen LogP contribution < -0.4 is 5.56 Å². The third kappa shape index (κ3) is 2.96. The van der Waals surface area contributed by atoms with Crippen LogP contribution in [0, 0.1) is 20.8 Å². The second kappa shape index (κ2) is 5.89. The number of thiazole rings is 1. The Morgan fingerprint density at radius 1 is 1.04 bits per heavy atom. The van der Waals surface area contributed by atoms with Gasteiger partial charge in [-0.15, -0.1) is 11.3 Å². The summed E-state index contributed by atoms with van der Waals surface area (Å²) in [6.07, 6.45) is 0. The zero-order chi connectivity index (χ0) is 17.6. The van der Waals surface area contributed by atoms with Crippen LogP contribution in [0.2, 0.25) is 0 Å². The molecular weight excluding hydrogens is 336 g/mol. The van der Waals surface area contributed by atoms with E-state index < -0.39 is 0 Å². The molecule has 0 aliphatic rings. The Bertz CT molecular complexity index is 1140. The number of hydrogen-bond donors (Lipinski definition) is 0. The van der Waals surface area contributed by atoms with Gasteiger partial charge in [0.2, 0.25) is 0 Å². The molecule has 4 aromatic rings. The van der Waals surface area contributed by atoms with Crippen molar-refractivity contribution >= 4 is 21.6 Å². The average Bonchev–Trinajstić information content (AvgIpc) is 3.11. The topological polar surface area (TPSA) is 78.5 Å². The van der Waals surface area contributed by atoms with Gasteiger partial charge in [0.25, 0.3) is 5.56 Å². The van der Waals surface area contributed by atoms with Crippen LogP contribution in [0.3, 0.4) is 0 Å². The summed E-state index contributed by atoms with van der Waals surface area (Å²) in [5, 5.41) is 9.80. The lowest BCUT2D eigenvalue weighted by Crippen LogP contribution is -2.24. The van der Waals surface area contributed by atoms with Crippen molar-refractivity contribution in [2.45, 2.75) is 27.3 Å². The van der Waals surface area contributed by atoms with Crippen LogP contribution in [0.25, 0.3) is 15.9 Å². The van der Waals surface area contributed by atoms with Gasteiger partial charge in [0.05, 0.1) is 26.6 Å².